The Morgan fingerprint density at radius 2 is 1.84 bits per heavy atom. The van der Waals surface area contributed by atoms with Gasteiger partial charge in [0.05, 0.1) is 10.7 Å². The number of anilines is 2. The number of halogens is 1. The summed E-state index contributed by atoms with van der Waals surface area (Å²) in [7, 11) is 0. The van der Waals surface area contributed by atoms with Gasteiger partial charge in [-0.25, -0.2) is 0 Å². The molecule has 6 heteroatoms. The Labute approximate surface area is 117 Å². The number of nitrogen functional groups attached to an aromatic ring is 1. The summed E-state index contributed by atoms with van der Waals surface area (Å²) < 4.78 is 1.60. The van der Waals surface area contributed by atoms with Crippen molar-refractivity contribution in [3.63, 3.8) is 0 Å². The number of para-hydroxylation sites is 1. The molecule has 2 heterocycles. The average molecular weight is 278 g/mol. The van der Waals surface area contributed by atoms with Gasteiger partial charge in [-0.15, -0.1) is 5.10 Å². The molecule has 1 aromatic heterocycles. The first-order valence-electron chi connectivity index (χ1n) is 6.48. The Morgan fingerprint density at radius 3 is 2.58 bits per heavy atom. The first kappa shape index (κ1) is 12.3. The van der Waals surface area contributed by atoms with Crippen molar-refractivity contribution in [1.29, 1.82) is 0 Å². The molecular weight excluding hydrogens is 262 g/mol. The molecule has 2 N–H and O–H groups in total. The highest BCUT2D eigenvalue weighted by Gasteiger charge is 2.18. The van der Waals surface area contributed by atoms with Gasteiger partial charge in [0.15, 0.2) is 0 Å². The Hall–Kier alpha value is -1.75. The molecule has 1 aliphatic heterocycles. The van der Waals surface area contributed by atoms with Crippen LogP contribution in [-0.2, 0) is 0 Å². The van der Waals surface area contributed by atoms with Crippen LogP contribution in [0.4, 0.5) is 11.9 Å². The van der Waals surface area contributed by atoms with Gasteiger partial charge in [-0.3, -0.25) is 0 Å². The number of piperidine rings is 1. The van der Waals surface area contributed by atoms with Gasteiger partial charge in [0, 0.05) is 13.1 Å². The van der Waals surface area contributed by atoms with Crippen LogP contribution in [0.25, 0.3) is 5.69 Å². The molecule has 0 aliphatic carbocycles. The van der Waals surface area contributed by atoms with Crippen molar-refractivity contribution in [1.82, 2.24) is 14.8 Å². The Kier molecular flexibility index (Phi) is 3.29. The molecular formula is C13H16ClN5. The number of rotatable bonds is 2. The van der Waals surface area contributed by atoms with Crippen LogP contribution in [-0.4, -0.2) is 27.9 Å². The topological polar surface area (TPSA) is 60.0 Å². The molecule has 1 aliphatic rings. The maximum Gasteiger partial charge on any atom is 0.246 e. The number of hydrogen-bond acceptors (Lipinski definition) is 4. The van der Waals surface area contributed by atoms with Crippen LogP contribution in [0.5, 0.6) is 0 Å². The Balaban J connectivity index is 1.95. The molecule has 19 heavy (non-hydrogen) atoms. The van der Waals surface area contributed by atoms with Crippen molar-refractivity contribution < 1.29 is 0 Å². The molecule has 2 aromatic rings. The van der Waals surface area contributed by atoms with Crippen molar-refractivity contribution in [2.75, 3.05) is 23.7 Å². The summed E-state index contributed by atoms with van der Waals surface area (Å²) >= 11 is 6.17. The summed E-state index contributed by atoms with van der Waals surface area (Å²) in [6.45, 7) is 1.98. The predicted molar refractivity (Wildman–Crippen MR) is 76.8 cm³/mol. The molecule has 100 valence electrons. The zero-order chi connectivity index (χ0) is 13.2. The highest BCUT2D eigenvalue weighted by atomic mass is 35.5. The molecule has 1 saturated heterocycles. The monoisotopic (exact) mass is 277 g/mol. The van der Waals surface area contributed by atoms with Gasteiger partial charge in [-0.05, 0) is 31.4 Å². The number of benzene rings is 1. The van der Waals surface area contributed by atoms with Crippen molar-refractivity contribution in [2.45, 2.75) is 19.3 Å². The SMILES string of the molecule is Nc1nc(N2CCCCC2)nn1-c1ccccc1Cl. The quantitative estimate of drug-likeness (QED) is 0.916. The maximum absolute atomic E-state index is 6.17. The number of hydrogen-bond donors (Lipinski definition) is 1. The predicted octanol–water partition coefficient (Wildman–Crippen LogP) is 2.49. The first-order valence-corrected chi connectivity index (χ1v) is 6.86. The fourth-order valence-electron chi connectivity index (χ4n) is 2.34. The molecule has 0 saturated carbocycles. The van der Waals surface area contributed by atoms with E-state index in [1.165, 1.54) is 19.3 Å². The summed E-state index contributed by atoms with van der Waals surface area (Å²) in [5, 5.41) is 5.10. The van der Waals surface area contributed by atoms with Crippen LogP contribution in [0.15, 0.2) is 24.3 Å². The molecule has 0 spiro atoms. The molecule has 0 radical (unpaired) electrons. The van der Waals surface area contributed by atoms with Gasteiger partial charge < -0.3 is 10.6 Å². The normalized spacial score (nSPS) is 15.7. The van der Waals surface area contributed by atoms with E-state index in [9.17, 15) is 0 Å². The fourth-order valence-corrected chi connectivity index (χ4v) is 2.56. The molecule has 0 amide bonds. The minimum Gasteiger partial charge on any atom is -0.368 e. The van der Waals surface area contributed by atoms with Gasteiger partial charge in [0.25, 0.3) is 0 Å². The summed E-state index contributed by atoms with van der Waals surface area (Å²) in [6, 6.07) is 7.49. The van der Waals surface area contributed by atoms with Gasteiger partial charge in [0.2, 0.25) is 11.9 Å². The first-order chi connectivity index (χ1) is 9.25. The highest BCUT2D eigenvalue weighted by molar-refractivity contribution is 6.32. The number of aromatic nitrogens is 3. The van der Waals surface area contributed by atoms with E-state index in [0.29, 0.717) is 16.9 Å². The van der Waals surface area contributed by atoms with Crippen LogP contribution < -0.4 is 10.6 Å². The van der Waals surface area contributed by atoms with Gasteiger partial charge in [-0.2, -0.15) is 9.67 Å². The van der Waals surface area contributed by atoms with E-state index in [1.807, 2.05) is 24.3 Å². The third kappa shape index (κ3) is 2.38. The maximum atomic E-state index is 6.17. The number of nitrogens with zero attached hydrogens (tertiary/aromatic N) is 4. The average Bonchev–Trinajstić information content (AvgIpc) is 2.82. The third-order valence-electron chi connectivity index (χ3n) is 3.34. The molecule has 1 aromatic carbocycles. The molecule has 0 bridgehead atoms. The lowest BCUT2D eigenvalue weighted by molar-refractivity contribution is 0.568. The van der Waals surface area contributed by atoms with Crippen LogP contribution in [0.1, 0.15) is 19.3 Å². The number of nitrogens with two attached hydrogens (primary N) is 1. The van der Waals surface area contributed by atoms with Crippen LogP contribution in [0.3, 0.4) is 0 Å². The minimum atomic E-state index is 0.369. The van der Waals surface area contributed by atoms with Crippen molar-refractivity contribution >= 4 is 23.5 Å². The zero-order valence-corrected chi connectivity index (χ0v) is 11.3. The molecule has 0 atom stereocenters. The molecule has 1 fully saturated rings. The minimum absolute atomic E-state index is 0.369. The summed E-state index contributed by atoms with van der Waals surface area (Å²) in [4.78, 5) is 6.52. The summed E-state index contributed by atoms with van der Waals surface area (Å²) in [5.74, 6) is 1.06. The van der Waals surface area contributed by atoms with Crippen molar-refractivity contribution in [3.05, 3.63) is 29.3 Å². The van der Waals surface area contributed by atoms with E-state index < -0.39 is 0 Å². The van der Waals surface area contributed by atoms with Gasteiger partial charge in [-0.1, -0.05) is 23.7 Å². The molecule has 3 rings (SSSR count). The zero-order valence-electron chi connectivity index (χ0n) is 10.6. The van der Waals surface area contributed by atoms with E-state index in [-0.39, 0.29) is 0 Å². The van der Waals surface area contributed by atoms with Crippen LogP contribution in [0.2, 0.25) is 5.02 Å². The third-order valence-corrected chi connectivity index (χ3v) is 3.66. The van der Waals surface area contributed by atoms with E-state index in [0.717, 1.165) is 18.8 Å². The Bertz CT molecular complexity index is 574. The lowest BCUT2D eigenvalue weighted by Gasteiger charge is -2.24. The highest BCUT2D eigenvalue weighted by Crippen LogP contribution is 2.24. The second kappa shape index (κ2) is 5.09. The van der Waals surface area contributed by atoms with E-state index in [4.69, 9.17) is 17.3 Å². The van der Waals surface area contributed by atoms with Gasteiger partial charge in [0.1, 0.15) is 0 Å². The fraction of sp³-hybridized carbons (Fsp3) is 0.385. The van der Waals surface area contributed by atoms with Gasteiger partial charge >= 0.3 is 0 Å². The van der Waals surface area contributed by atoms with E-state index >= 15 is 0 Å². The van der Waals surface area contributed by atoms with E-state index in [2.05, 4.69) is 15.0 Å². The summed E-state index contributed by atoms with van der Waals surface area (Å²) in [6.07, 6.45) is 3.64. The smallest absolute Gasteiger partial charge is 0.246 e. The Morgan fingerprint density at radius 1 is 1.11 bits per heavy atom. The standard InChI is InChI=1S/C13H16ClN5/c14-10-6-2-3-7-11(10)19-12(15)16-13(17-19)18-8-4-1-5-9-18/h2-3,6-7H,1,4-5,8-9H2,(H2,15,16,17). The largest absolute Gasteiger partial charge is 0.368 e. The molecule has 5 nitrogen and oxygen atoms in total. The second-order valence-electron chi connectivity index (χ2n) is 4.68. The summed E-state index contributed by atoms with van der Waals surface area (Å²) in [5.41, 5.74) is 6.71. The lowest BCUT2D eigenvalue weighted by Crippen LogP contribution is -2.30. The van der Waals surface area contributed by atoms with Crippen molar-refractivity contribution in [2.24, 2.45) is 0 Å². The van der Waals surface area contributed by atoms with Crippen LogP contribution in [0, 0.1) is 0 Å². The van der Waals surface area contributed by atoms with E-state index in [1.54, 1.807) is 4.68 Å². The second-order valence-corrected chi connectivity index (χ2v) is 5.09. The molecule has 0 unspecified atom stereocenters. The van der Waals surface area contributed by atoms with Crippen molar-refractivity contribution in [3.8, 4) is 5.69 Å². The van der Waals surface area contributed by atoms with Crippen LogP contribution >= 0.6 is 11.6 Å². The lowest BCUT2D eigenvalue weighted by atomic mass is 10.1.